The second kappa shape index (κ2) is 5.92. The highest BCUT2D eigenvalue weighted by Gasteiger charge is 2.17. The van der Waals surface area contributed by atoms with Crippen LogP contribution in [0.4, 0.5) is 0 Å². The van der Waals surface area contributed by atoms with Gasteiger partial charge in [0.25, 0.3) is 0 Å². The summed E-state index contributed by atoms with van der Waals surface area (Å²) in [5, 5.41) is 4.17. The Balaban J connectivity index is 2.19. The van der Waals surface area contributed by atoms with Gasteiger partial charge < -0.3 is 0 Å². The summed E-state index contributed by atoms with van der Waals surface area (Å²) in [5.74, 6) is 6.60. The molecule has 2 heterocycles. The largest absolute Gasteiger partial charge is 0.271 e. The second-order valence-corrected chi connectivity index (χ2v) is 6.42. The van der Waals surface area contributed by atoms with E-state index in [0.717, 1.165) is 22.6 Å². The Hall–Kier alpha value is -0.760. The van der Waals surface area contributed by atoms with Gasteiger partial charge in [-0.2, -0.15) is 5.10 Å². The number of aryl methyl sites for hydroxylation is 2. The van der Waals surface area contributed by atoms with Crippen LogP contribution in [0.25, 0.3) is 0 Å². The Labute approximate surface area is 119 Å². The van der Waals surface area contributed by atoms with Gasteiger partial charge in [-0.05, 0) is 41.4 Å². The molecule has 0 aliphatic rings. The van der Waals surface area contributed by atoms with Crippen LogP contribution < -0.4 is 11.3 Å². The lowest BCUT2D eigenvalue weighted by Crippen LogP contribution is -2.29. The number of nitrogens with zero attached hydrogens (tertiary/aromatic N) is 3. The van der Waals surface area contributed by atoms with Crippen LogP contribution >= 0.6 is 27.3 Å². The molecule has 0 aliphatic heterocycles. The van der Waals surface area contributed by atoms with E-state index >= 15 is 0 Å². The third kappa shape index (κ3) is 2.80. The van der Waals surface area contributed by atoms with Gasteiger partial charge >= 0.3 is 0 Å². The molecule has 0 aromatic carbocycles. The van der Waals surface area contributed by atoms with Crippen molar-refractivity contribution in [1.82, 2.24) is 20.2 Å². The molecule has 98 valence electrons. The standard InChI is InChI=1S/C11H16BrN5S/c1-3-17-10(14-6-15-17)5-8(16-13)9-4-7(2)11(12)18-9/h4,6,8,16H,3,5,13H2,1-2H3. The summed E-state index contributed by atoms with van der Waals surface area (Å²) >= 11 is 5.24. The molecule has 2 aromatic rings. The van der Waals surface area contributed by atoms with Gasteiger partial charge in [0.1, 0.15) is 12.2 Å². The average Bonchev–Trinajstić information content (AvgIpc) is 2.93. The summed E-state index contributed by atoms with van der Waals surface area (Å²) < 4.78 is 3.04. The lowest BCUT2D eigenvalue weighted by atomic mass is 10.1. The van der Waals surface area contributed by atoms with Crippen molar-refractivity contribution < 1.29 is 0 Å². The van der Waals surface area contributed by atoms with Crippen molar-refractivity contribution in [2.75, 3.05) is 0 Å². The number of hydrazine groups is 1. The first-order valence-corrected chi connectivity index (χ1v) is 7.35. The second-order valence-electron chi connectivity index (χ2n) is 4.02. The van der Waals surface area contributed by atoms with Crippen molar-refractivity contribution in [1.29, 1.82) is 0 Å². The van der Waals surface area contributed by atoms with E-state index in [1.54, 1.807) is 17.7 Å². The Kier molecular flexibility index (Phi) is 4.50. The highest BCUT2D eigenvalue weighted by atomic mass is 79.9. The van der Waals surface area contributed by atoms with E-state index in [9.17, 15) is 0 Å². The number of rotatable bonds is 5. The molecule has 0 bridgehead atoms. The summed E-state index contributed by atoms with van der Waals surface area (Å²) in [6.45, 7) is 4.95. The van der Waals surface area contributed by atoms with E-state index in [-0.39, 0.29) is 6.04 Å². The highest BCUT2D eigenvalue weighted by molar-refractivity contribution is 9.11. The molecule has 5 nitrogen and oxygen atoms in total. The van der Waals surface area contributed by atoms with Crippen molar-refractivity contribution >= 4 is 27.3 Å². The predicted molar refractivity (Wildman–Crippen MR) is 76.2 cm³/mol. The van der Waals surface area contributed by atoms with Gasteiger partial charge in [0, 0.05) is 17.8 Å². The molecule has 2 aromatic heterocycles. The van der Waals surface area contributed by atoms with Gasteiger partial charge in [0.2, 0.25) is 0 Å². The minimum atomic E-state index is 0.0644. The lowest BCUT2D eigenvalue weighted by Gasteiger charge is -2.13. The van der Waals surface area contributed by atoms with E-state index in [0.29, 0.717) is 0 Å². The molecule has 0 saturated heterocycles. The Morgan fingerprint density at radius 3 is 2.94 bits per heavy atom. The van der Waals surface area contributed by atoms with Crippen LogP contribution in [0.15, 0.2) is 16.2 Å². The maximum absolute atomic E-state index is 5.66. The molecule has 18 heavy (non-hydrogen) atoms. The van der Waals surface area contributed by atoms with E-state index in [4.69, 9.17) is 5.84 Å². The van der Waals surface area contributed by atoms with Crippen LogP contribution in [-0.4, -0.2) is 14.8 Å². The number of aromatic nitrogens is 3. The van der Waals surface area contributed by atoms with Crippen molar-refractivity contribution in [2.24, 2.45) is 5.84 Å². The zero-order valence-electron chi connectivity index (χ0n) is 10.4. The summed E-state index contributed by atoms with van der Waals surface area (Å²) in [6, 6.07) is 2.21. The minimum absolute atomic E-state index is 0.0644. The maximum atomic E-state index is 5.66. The molecular weight excluding hydrogens is 314 g/mol. The molecule has 1 unspecified atom stereocenters. The molecular formula is C11H16BrN5S. The zero-order valence-corrected chi connectivity index (χ0v) is 12.8. The van der Waals surface area contributed by atoms with Crippen LogP contribution in [-0.2, 0) is 13.0 Å². The van der Waals surface area contributed by atoms with Crippen LogP contribution in [0, 0.1) is 6.92 Å². The lowest BCUT2D eigenvalue weighted by molar-refractivity contribution is 0.516. The van der Waals surface area contributed by atoms with Crippen molar-refractivity contribution in [3.8, 4) is 0 Å². The maximum Gasteiger partial charge on any atom is 0.138 e. The average molecular weight is 330 g/mol. The number of hydrogen-bond donors (Lipinski definition) is 2. The van der Waals surface area contributed by atoms with Crippen LogP contribution in [0.5, 0.6) is 0 Å². The van der Waals surface area contributed by atoms with Crippen molar-refractivity contribution in [3.05, 3.63) is 32.4 Å². The van der Waals surface area contributed by atoms with E-state index in [1.807, 2.05) is 4.68 Å². The Morgan fingerprint density at radius 1 is 1.61 bits per heavy atom. The topological polar surface area (TPSA) is 68.8 Å². The predicted octanol–water partition coefficient (Wildman–Crippen LogP) is 2.18. The third-order valence-electron chi connectivity index (χ3n) is 2.80. The van der Waals surface area contributed by atoms with E-state index < -0.39 is 0 Å². The zero-order chi connectivity index (χ0) is 13.1. The fourth-order valence-corrected chi connectivity index (χ4v) is 3.42. The number of halogens is 1. The monoisotopic (exact) mass is 329 g/mol. The smallest absolute Gasteiger partial charge is 0.138 e. The number of nitrogens with two attached hydrogens (primary N) is 1. The number of nitrogens with one attached hydrogen (secondary N) is 1. The summed E-state index contributed by atoms with van der Waals surface area (Å²) in [6.07, 6.45) is 2.32. The molecule has 0 fully saturated rings. The molecule has 0 amide bonds. The van der Waals surface area contributed by atoms with Crippen LogP contribution in [0.2, 0.25) is 0 Å². The molecule has 0 aliphatic carbocycles. The third-order valence-corrected chi connectivity index (χ3v) is 5.05. The molecule has 3 N–H and O–H groups in total. The van der Waals surface area contributed by atoms with Gasteiger partial charge in [-0.15, -0.1) is 11.3 Å². The van der Waals surface area contributed by atoms with Gasteiger partial charge in [-0.3, -0.25) is 16.0 Å². The quantitative estimate of drug-likeness (QED) is 0.651. The van der Waals surface area contributed by atoms with Gasteiger partial charge in [-0.1, -0.05) is 0 Å². The summed E-state index contributed by atoms with van der Waals surface area (Å²) in [4.78, 5) is 5.48. The van der Waals surface area contributed by atoms with Gasteiger partial charge in [-0.25, -0.2) is 4.98 Å². The minimum Gasteiger partial charge on any atom is -0.271 e. The molecule has 7 heteroatoms. The fourth-order valence-electron chi connectivity index (χ4n) is 1.79. The molecule has 0 saturated carbocycles. The summed E-state index contributed by atoms with van der Waals surface area (Å²) in [5.41, 5.74) is 4.09. The first kappa shape index (κ1) is 13.7. The van der Waals surface area contributed by atoms with E-state index in [2.05, 4.69) is 51.4 Å². The van der Waals surface area contributed by atoms with Gasteiger partial charge in [0.15, 0.2) is 0 Å². The Bertz CT molecular complexity index is 502. The number of thiophene rings is 1. The first-order chi connectivity index (χ1) is 8.65. The first-order valence-electron chi connectivity index (χ1n) is 5.74. The fraction of sp³-hybridized carbons (Fsp3) is 0.455. The molecule has 1 atom stereocenters. The SMILES string of the molecule is CCn1ncnc1CC(NN)c1cc(C)c(Br)s1. The highest BCUT2D eigenvalue weighted by Crippen LogP contribution is 2.32. The Morgan fingerprint density at radius 2 is 2.39 bits per heavy atom. The van der Waals surface area contributed by atoms with E-state index in [1.165, 1.54) is 10.4 Å². The number of hydrogen-bond acceptors (Lipinski definition) is 5. The molecule has 0 spiro atoms. The molecule has 0 radical (unpaired) electrons. The van der Waals surface area contributed by atoms with Crippen molar-refractivity contribution in [3.63, 3.8) is 0 Å². The normalized spacial score (nSPS) is 12.9. The van der Waals surface area contributed by atoms with Crippen molar-refractivity contribution in [2.45, 2.75) is 32.9 Å². The van der Waals surface area contributed by atoms with Crippen LogP contribution in [0.1, 0.15) is 29.2 Å². The molecule has 2 rings (SSSR count). The van der Waals surface area contributed by atoms with Crippen LogP contribution in [0.3, 0.4) is 0 Å². The van der Waals surface area contributed by atoms with Gasteiger partial charge in [0.05, 0.1) is 9.83 Å². The summed E-state index contributed by atoms with van der Waals surface area (Å²) in [7, 11) is 0.